The minimum Gasteiger partial charge on any atom is -0.496 e. The van der Waals surface area contributed by atoms with Crippen LogP contribution >= 0.6 is 11.9 Å². The molecule has 0 aliphatic rings. The monoisotopic (exact) mass is 446 g/mol. The molecule has 0 fully saturated rings. The Bertz CT molecular complexity index is 1070. The molecule has 166 valence electrons. The fourth-order valence-corrected chi connectivity index (χ4v) is 4.30. The number of benzene rings is 3. The SMILES string of the molecule is C=C(c1ccccc1OC)N(SC(=Nc1ccccc1)C(C)CC)c1ccccc1OC. The van der Waals surface area contributed by atoms with E-state index in [1.807, 2.05) is 78.9 Å². The van der Waals surface area contributed by atoms with Crippen molar-refractivity contribution in [3.8, 4) is 11.5 Å². The van der Waals surface area contributed by atoms with Gasteiger partial charge in [-0.1, -0.05) is 62.9 Å². The molecule has 5 heteroatoms. The molecule has 32 heavy (non-hydrogen) atoms. The van der Waals surface area contributed by atoms with Gasteiger partial charge in [-0.3, -0.25) is 4.31 Å². The molecule has 3 aromatic rings. The second-order valence-electron chi connectivity index (χ2n) is 7.30. The number of ether oxygens (including phenoxy) is 2. The zero-order chi connectivity index (χ0) is 22.9. The van der Waals surface area contributed by atoms with Crippen molar-refractivity contribution in [2.45, 2.75) is 20.3 Å². The topological polar surface area (TPSA) is 34.1 Å². The Balaban J connectivity index is 2.11. The minimum atomic E-state index is 0.267. The van der Waals surface area contributed by atoms with Crippen molar-refractivity contribution in [2.75, 3.05) is 18.5 Å². The molecule has 3 rings (SSSR count). The van der Waals surface area contributed by atoms with Gasteiger partial charge in [0, 0.05) is 23.4 Å². The zero-order valence-corrected chi connectivity index (χ0v) is 19.9. The van der Waals surface area contributed by atoms with Crippen LogP contribution in [-0.2, 0) is 0 Å². The van der Waals surface area contributed by atoms with Crippen molar-refractivity contribution < 1.29 is 9.47 Å². The molecule has 0 aliphatic carbocycles. The fraction of sp³-hybridized carbons (Fsp3) is 0.222. The number of aliphatic imine (C=N–C) groups is 1. The van der Waals surface area contributed by atoms with E-state index >= 15 is 0 Å². The smallest absolute Gasteiger partial charge is 0.143 e. The van der Waals surface area contributed by atoms with Gasteiger partial charge in [0.25, 0.3) is 0 Å². The fourth-order valence-electron chi connectivity index (χ4n) is 3.16. The highest BCUT2D eigenvalue weighted by atomic mass is 32.2. The summed E-state index contributed by atoms with van der Waals surface area (Å²) in [6.45, 7) is 8.82. The van der Waals surface area contributed by atoms with Gasteiger partial charge in [0.1, 0.15) is 11.5 Å². The lowest BCUT2D eigenvalue weighted by atomic mass is 10.1. The van der Waals surface area contributed by atoms with Gasteiger partial charge < -0.3 is 9.47 Å². The van der Waals surface area contributed by atoms with E-state index < -0.39 is 0 Å². The zero-order valence-electron chi connectivity index (χ0n) is 19.1. The molecule has 0 bridgehead atoms. The molecule has 0 saturated heterocycles. The van der Waals surface area contributed by atoms with Crippen molar-refractivity contribution in [1.82, 2.24) is 0 Å². The highest BCUT2D eigenvalue weighted by molar-refractivity contribution is 8.15. The Morgan fingerprint density at radius 1 is 0.906 bits per heavy atom. The van der Waals surface area contributed by atoms with Crippen LogP contribution < -0.4 is 13.8 Å². The van der Waals surface area contributed by atoms with Crippen LogP contribution in [0, 0.1) is 5.92 Å². The van der Waals surface area contributed by atoms with Crippen LogP contribution in [0.2, 0.25) is 0 Å². The summed E-state index contributed by atoms with van der Waals surface area (Å²) in [6, 6.07) is 25.9. The van der Waals surface area contributed by atoms with E-state index in [1.165, 1.54) is 0 Å². The van der Waals surface area contributed by atoms with Crippen LogP contribution in [0.4, 0.5) is 11.4 Å². The predicted octanol–water partition coefficient (Wildman–Crippen LogP) is 7.61. The van der Waals surface area contributed by atoms with Crippen LogP contribution in [0.5, 0.6) is 11.5 Å². The van der Waals surface area contributed by atoms with Crippen LogP contribution in [0.3, 0.4) is 0 Å². The van der Waals surface area contributed by atoms with Crippen molar-refractivity contribution in [2.24, 2.45) is 10.9 Å². The van der Waals surface area contributed by atoms with Crippen LogP contribution in [-0.4, -0.2) is 19.3 Å². The summed E-state index contributed by atoms with van der Waals surface area (Å²) in [5.74, 6) is 1.80. The van der Waals surface area contributed by atoms with Gasteiger partial charge >= 0.3 is 0 Å². The molecule has 0 heterocycles. The van der Waals surface area contributed by atoms with Crippen LogP contribution in [0.25, 0.3) is 5.70 Å². The van der Waals surface area contributed by atoms with E-state index in [0.717, 1.165) is 45.6 Å². The highest BCUT2D eigenvalue weighted by Gasteiger charge is 2.23. The number of methoxy groups -OCH3 is 2. The Morgan fingerprint density at radius 2 is 1.50 bits per heavy atom. The summed E-state index contributed by atoms with van der Waals surface area (Å²) >= 11 is 1.57. The van der Waals surface area contributed by atoms with Crippen molar-refractivity contribution in [3.05, 3.63) is 91.0 Å². The maximum atomic E-state index is 5.69. The van der Waals surface area contributed by atoms with Gasteiger partial charge in [-0.2, -0.15) is 0 Å². The van der Waals surface area contributed by atoms with Crippen LogP contribution in [0.15, 0.2) is 90.4 Å². The predicted molar refractivity (Wildman–Crippen MR) is 138 cm³/mol. The lowest BCUT2D eigenvalue weighted by Crippen LogP contribution is -2.19. The second-order valence-corrected chi connectivity index (χ2v) is 8.27. The molecule has 3 aromatic carbocycles. The van der Waals surface area contributed by atoms with E-state index in [4.69, 9.17) is 14.5 Å². The van der Waals surface area contributed by atoms with Gasteiger partial charge in [0.05, 0.1) is 36.3 Å². The Labute approximate surface area is 195 Å². The molecule has 4 nitrogen and oxygen atoms in total. The average molecular weight is 447 g/mol. The van der Waals surface area contributed by atoms with Gasteiger partial charge in [0.2, 0.25) is 0 Å². The van der Waals surface area contributed by atoms with Crippen molar-refractivity contribution >= 4 is 34.1 Å². The number of hydrogen-bond acceptors (Lipinski definition) is 5. The summed E-state index contributed by atoms with van der Waals surface area (Å²) in [4.78, 5) is 4.99. The van der Waals surface area contributed by atoms with Gasteiger partial charge in [0.15, 0.2) is 0 Å². The van der Waals surface area contributed by atoms with E-state index in [1.54, 1.807) is 26.2 Å². The largest absolute Gasteiger partial charge is 0.496 e. The van der Waals surface area contributed by atoms with Gasteiger partial charge in [-0.05, 0) is 42.8 Å². The highest BCUT2D eigenvalue weighted by Crippen LogP contribution is 2.42. The number of para-hydroxylation sites is 4. The molecule has 0 radical (unpaired) electrons. The standard InChI is InChI=1S/C27H30N2O2S/c1-6-20(2)27(28-22-14-8-7-9-15-22)32-29(24-17-11-13-19-26(24)31-5)21(3)23-16-10-12-18-25(23)30-4/h7-20H,3,6H2,1-2,4-5H3. The number of nitrogens with zero attached hydrogens (tertiary/aromatic N) is 2. The first kappa shape index (κ1) is 23.5. The third-order valence-corrected chi connectivity index (χ3v) is 6.46. The summed E-state index contributed by atoms with van der Waals surface area (Å²) < 4.78 is 13.4. The number of hydrogen-bond donors (Lipinski definition) is 0. The second kappa shape index (κ2) is 11.4. The normalized spacial score (nSPS) is 12.2. The van der Waals surface area contributed by atoms with Crippen molar-refractivity contribution in [1.29, 1.82) is 0 Å². The Hall–Kier alpha value is -3.18. The first-order chi connectivity index (χ1) is 15.6. The van der Waals surface area contributed by atoms with Crippen LogP contribution in [0.1, 0.15) is 25.8 Å². The summed E-state index contributed by atoms with van der Waals surface area (Å²) in [5.41, 5.74) is 3.54. The third kappa shape index (κ3) is 5.54. The minimum absolute atomic E-state index is 0.267. The van der Waals surface area contributed by atoms with E-state index in [-0.39, 0.29) is 5.92 Å². The molecule has 1 atom stereocenters. The van der Waals surface area contributed by atoms with E-state index in [0.29, 0.717) is 0 Å². The van der Waals surface area contributed by atoms with Gasteiger partial charge in [-0.15, -0.1) is 0 Å². The van der Waals surface area contributed by atoms with Crippen molar-refractivity contribution in [3.63, 3.8) is 0 Å². The first-order valence-electron chi connectivity index (χ1n) is 10.7. The molecular weight excluding hydrogens is 416 g/mol. The molecule has 0 spiro atoms. The van der Waals surface area contributed by atoms with Gasteiger partial charge in [-0.25, -0.2) is 4.99 Å². The lowest BCUT2D eigenvalue weighted by Gasteiger charge is -2.29. The molecule has 0 N–H and O–H groups in total. The maximum absolute atomic E-state index is 5.69. The Kier molecular flexibility index (Phi) is 8.40. The molecule has 0 aromatic heterocycles. The maximum Gasteiger partial charge on any atom is 0.143 e. The first-order valence-corrected chi connectivity index (χ1v) is 11.4. The summed E-state index contributed by atoms with van der Waals surface area (Å²) in [7, 11) is 3.36. The number of anilines is 1. The lowest BCUT2D eigenvalue weighted by molar-refractivity contribution is 0.413. The van der Waals surface area contributed by atoms with E-state index in [9.17, 15) is 0 Å². The number of rotatable bonds is 9. The Morgan fingerprint density at radius 3 is 2.16 bits per heavy atom. The molecular formula is C27H30N2O2S. The van der Waals surface area contributed by atoms with E-state index in [2.05, 4.69) is 24.7 Å². The summed E-state index contributed by atoms with van der Waals surface area (Å²) in [5, 5.41) is 1.00. The quantitative estimate of drug-likeness (QED) is 0.192. The molecule has 0 aliphatic heterocycles. The molecule has 0 saturated carbocycles. The molecule has 1 unspecified atom stereocenters. The third-order valence-electron chi connectivity index (χ3n) is 5.18. The summed E-state index contributed by atoms with van der Waals surface area (Å²) in [6.07, 6.45) is 0.972. The molecule has 0 amide bonds. The average Bonchev–Trinajstić information content (AvgIpc) is 2.86.